The van der Waals surface area contributed by atoms with Gasteiger partial charge in [0, 0.05) is 45.7 Å². The van der Waals surface area contributed by atoms with Gasteiger partial charge in [0.15, 0.2) is 0 Å². The van der Waals surface area contributed by atoms with Crippen LogP contribution in [0, 0.1) is 17.2 Å². The molecule has 1 aliphatic carbocycles. The van der Waals surface area contributed by atoms with Crippen LogP contribution in [0.25, 0.3) is 0 Å². The second-order valence-corrected chi connectivity index (χ2v) is 2.42. The predicted molar refractivity (Wildman–Crippen MR) is 38.1 cm³/mol. The molecule has 0 spiro atoms. The minimum absolute atomic E-state index is 0. The Balaban J connectivity index is 0.000000605. The van der Waals surface area contributed by atoms with Gasteiger partial charge in [-0.15, -0.1) is 12.1 Å². The minimum atomic E-state index is 0. The summed E-state index contributed by atoms with van der Waals surface area (Å²) in [6, 6.07) is 10.2. The molecular formula is C9H6NVW-. The summed E-state index contributed by atoms with van der Waals surface area (Å²) in [6.45, 7) is 0. The van der Waals surface area contributed by atoms with Crippen molar-refractivity contribution < 1.29 is 39.6 Å². The number of nitriles is 1. The standard InChI is InChI=1S/C9H6N.V.W/c10-6-8-5-7-3-1-2-4-9(7)8;;/h1-4H,5H2;;/q-1;;. The molecule has 1 nitrogen and oxygen atoms in total. The first kappa shape index (κ1) is 11.9. The fourth-order valence-corrected chi connectivity index (χ4v) is 1.25. The van der Waals surface area contributed by atoms with E-state index in [-0.39, 0.29) is 39.6 Å². The Morgan fingerprint density at radius 3 is 2.58 bits per heavy atom. The molecule has 1 radical (unpaired) electrons. The van der Waals surface area contributed by atoms with Gasteiger partial charge in [0.05, 0.1) is 0 Å². The Labute approximate surface area is 98.3 Å². The van der Waals surface area contributed by atoms with Gasteiger partial charge < -0.3 is 0 Å². The molecule has 2 rings (SSSR count). The molecule has 0 fully saturated rings. The molecule has 1 aliphatic rings. The number of hydrogen-bond acceptors (Lipinski definition) is 1. The van der Waals surface area contributed by atoms with Crippen molar-refractivity contribution in [3.63, 3.8) is 0 Å². The largest absolute Gasteiger partial charge is 0.208 e. The van der Waals surface area contributed by atoms with Gasteiger partial charge in [0.2, 0.25) is 0 Å². The first-order chi connectivity index (χ1) is 4.92. The molecule has 3 heteroatoms. The average Bonchev–Trinajstić information content (AvgIpc) is 1.92. The Hall–Kier alpha value is -0.147. The Morgan fingerprint density at radius 2 is 2.00 bits per heavy atom. The van der Waals surface area contributed by atoms with Crippen molar-refractivity contribution in [3.8, 4) is 6.07 Å². The van der Waals surface area contributed by atoms with Gasteiger partial charge >= 0.3 is 0 Å². The minimum Gasteiger partial charge on any atom is -0.208 e. The van der Waals surface area contributed by atoms with Crippen LogP contribution < -0.4 is 0 Å². The van der Waals surface area contributed by atoms with E-state index in [0.29, 0.717) is 0 Å². The van der Waals surface area contributed by atoms with Gasteiger partial charge in [-0.1, -0.05) is 18.4 Å². The van der Waals surface area contributed by atoms with Crippen LogP contribution in [0.3, 0.4) is 0 Å². The zero-order valence-electron chi connectivity index (χ0n) is 6.32. The van der Waals surface area contributed by atoms with Gasteiger partial charge in [-0.25, -0.2) is 5.26 Å². The zero-order valence-corrected chi connectivity index (χ0v) is 10.6. The van der Waals surface area contributed by atoms with Crippen molar-refractivity contribution >= 4 is 0 Å². The number of nitrogens with zero attached hydrogens (tertiary/aromatic N) is 1. The van der Waals surface area contributed by atoms with Gasteiger partial charge in [-0.2, -0.15) is 17.2 Å². The predicted octanol–water partition coefficient (Wildman–Crippen LogP) is 1.68. The maximum absolute atomic E-state index is 8.55. The molecule has 0 saturated heterocycles. The van der Waals surface area contributed by atoms with E-state index in [9.17, 15) is 0 Å². The van der Waals surface area contributed by atoms with Crippen LogP contribution in [0.4, 0.5) is 0 Å². The Morgan fingerprint density at radius 1 is 1.33 bits per heavy atom. The molecule has 0 N–H and O–H groups in total. The third-order valence-electron chi connectivity index (χ3n) is 1.84. The molecule has 0 saturated carbocycles. The monoisotopic (exact) mass is 363 g/mol. The SMILES string of the molecule is N#C[C-]1Cc2ccccc21.[V].[W]. The van der Waals surface area contributed by atoms with E-state index in [2.05, 4.69) is 12.1 Å². The summed E-state index contributed by atoms with van der Waals surface area (Å²) in [5.41, 5.74) is 2.45. The van der Waals surface area contributed by atoms with Crippen LogP contribution in [0.5, 0.6) is 0 Å². The number of benzene rings is 1. The van der Waals surface area contributed by atoms with Crippen molar-refractivity contribution in [2.45, 2.75) is 6.42 Å². The molecule has 0 aliphatic heterocycles. The molecule has 0 atom stereocenters. The first-order valence-corrected chi connectivity index (χ1v) is 3.26. The molecule has 0 amide bonds. The summed E-state index contributed by atoms with van der Waals surface area (Å²) in [4.78, 5) is 0. The van der Waals surface area contributed by atoms with Gasteiger partial charge in [0.1, 0.15) is 0 Å². The van der Waals surface area contributed by atoms with Crippen molar-refractivity contribution in [1.29, 1.82) is 5.26 Å². The smallest absolute Gasteiger partial charge is 0.0265 e. The molecule has 0 heterocycles. The fraction of sp³-hybridized carbons (Fsp3) is 0.111. The van der Waals surface area contributed by atoms with Crippen molar-refractivity contribution in [3.05, 3.63) is 41.3 Å². The zero-order chi connectivity index (χ0) is 6.97. The third kappa shape index (κ3) is 1.78. The van der Waals surface area contributed by atoms with E-state index < -0.39 is 0 Å². The maximum atomic E-state index is 8.55. The number of hydrogen-bond donors (Lipinski definition) is 0. The molecular weight excluding hydrogens is 357 g/mol. The molecule has 0 unspecified atom stereocenters. The van der Waals surface area contributed by atoms with Crippen LogP contribution in [0.1, 0.15) is 11.1 Å². The van der Waals surface area contributed by atoms with E-state index in [1.54, 1.807) is 0 Å². The van der Waals surface area contributed by atoms with Gasteiger partial charge in [-0.3, -0.25) is 0 Å². The Bertz CT molecular complexity index is 306. The summed E-state index contributed by atoms with van der Waals surface area (Å²) in [7, 11) is 0. The first-order valence-electron chi connectivity index (χ1n) is 3.26. The Kier molecular flexibility index (Phi) is 4.72. The van der Waals surface area contributed by atoms with Crippen molar-refractivity contribution in [2.75, 3.05) is 0 Å². The molecule has 12 heavy (non-hydrogen) atoms. The van der Waals surface area contributed by atoms with E-state index in [4.69, 9.17) is 5.26 Å². The number of fused-ring (bicyclic) bond motifs is 1. The summed E-state index contributed by atoms with van der Waals surface area (Å²) in [6.07, 6.45) is 0.868. The third-order valence-corrected chi connectivity index (χ3v) is 1.84. The van der Waals surface area contributed by atoms with Crippen molar-refractivity contribution in [1.82, 2.24) is 0 Å². The van der Waals surface area contributed by atoms with E-state index >= 15 is 0 Å². The maximum Gasteiger partial charge on any atom is 0.0265 e. The fourth-order valence-electron chi connectivity index (χ4n) is 1.25. The van der Waals surface area contributed by atoms with Gasteiger partial charge in [-0.05, 0) is 0 Å². The van der Waals surface area contributed by atoms with Crippen molar-refractivity contribution in [2.24, 2.45) is 0 Å². The summed E-state index contributed by atoms with van der Waals surface area (Å²) < 4.78 is 0. The summed E-state index contributed by atoms with van der Waals surface area (Å²) >= 11 is 0. The van der Waals surface area contributed by atoms with Crippen LogP contribution >= 0.6 is 0 Å². The van der Waals surface area contributed by atoms with Crippen LogP contribution in [-0.4, -0.2) is 0 Å². The molecule has 1 aromatic rings. The van der Waals surface area contributed by atoms with Crippen LogP contribution in [0.2, 0.25) is 0 Å². The normalized spacial score (nSPS) is 11.1. The average molecular weight is 363 g/mol. The second kappa shape index (κ2) is 4.78. The molecule has 1 aromatic carbocycles. The number of rotatable bonds is 0. The van der Waals surface area contributed by atoms with E-state index in [1.807, 2.05) is 18.2 Å². The topological polar surface area (TPSA) is 23.8 Å². The molecule has 59 valence electrons. The van der Waals surface area contributed by atoms with Crippen LogP contribution in [-0.2, 0) is 46.0 Å². The molecule has 0 aromatic heterocycles. The summed E-state index contributed by atoms with van der Waals surface area (Å²) in [5, 5.41) is 8.55. The summed E-state index contributed by atoms with van der Waals surface area (Å²) in [5.74, 6) is 0.926. The van der Waals surface area contributed by atoms with Crippen LogP contribution in [0.15, 0.2) is 24.3 Å². The second-order valence-electron chi connectivity index (χ2n) is 2.42. The van der Waals surface area contributed by atoms with E-state index in [1.165, 1.54) is 5.56 Å². The van der Waals surface area contributed by atoms with E-state index in [0.717, 1.165) is 17.9 Å². The van der Waals surface area contributed by atoms with Gasteiger partial charge in [0.25, 0.3) is 0 Å². The molecule has 0 bridgehead atoms. The quantitative estimate of drug-likeness (QED) is 0.644.